The second-order valence-electron chi connectivity index (χ2n) is 5.77. The van der Waals surface area contributed by atoms with Gasteiger partial charge in [-0.25, -0.2) is 0 Å². The first-order valence-corrected chi connectivity index (χ1v) is 7.46. The molecule has 0 aromatic heterocycles. The second-order valence-corrected chi connectivity index (χ2v) is 5.77. The molecule has 0 spiro atoms. The minimum Gasteiger partial charge on any atom is -0.381 e. The Labute approximate surface area is 140 Å². The van der Waals surface area contributed by atoms with E-state index in [1.165, 1.54) is 7.11 Å². The molecule has 1 N–H and O–H groups in total. The van der Waals surface area contributed by atoms with Crippen LogP contribution in [-0.4, -0.2) is 29.1 Å². The summed E-state index contributed by atoms with van der Waals surface area (Å²) in [5.74, 6) is 0. The van der Waals surface area contributed by atoms with Crippen molar-refractivity contribution in [3.05, 3.63) is 37.9 Å². The van der Waals surface area contributed by atoms with E-state index in [0.29, 0.717) is 25.0 Å². The first kappa shape index (κ1) is 18.9. The van der Waals surface area contributed by atoms with Crippen LogP contribution >= 0.6 is 0 Å². The smallest absolute Gasteiger partial charge is 0.381 e. The van der Waals surface area contributed by atoms with Crippen molar-refractivity contribution in [3.8, 4) is 0 Å². The van der Waals surface area contributed by atoms with Gasteiger partial charge in [0.1, 0.15) is 0 Å². The zero-order valence-electron chi connectivity index (χ0n) is 13.2. The lowest BCUT2D eigenvalue weighted by Gasteiger charge is -2.29. The van der Waals surface area contributed by atoms with Gasteiger partial charge in [0, 0.05) is 25.3 Å². The fraction of sp³-hybridized carbons (Fsp3) is 0.571. The Bertz CT molecular complexity index is 645. The molecular weight excluding hydrogens is 347 g/mol. The first-order valence-electron chi connectivity index (χ1n) is 7.46. The van der Waals surface area contributed by atoms with Crippen molar-refractivity contribution in [2.75, 3.05) is 12.4 Å². The Hall–Kier alpha value is -2.43. The highest BCUT2D eigenvalue weighted by atomic mass is 19.4. The van der Waals surface area contributed by atoms with Crippen LogP contribution in [0.5, 0.6) is 0 Å². The summed E-state index contributed by atoms with van der Waals surface area (Å²) in [6, 6.07) is 0.255. The number of nitro benzene ring substituents is 2. The van der Waals surface area contributed by atoms with Gasteiger partial charge in [0.25, 0.3) is 11.4 Å². The summed E-state index contributed by atoms with van der Waals surface area (Å²) in [7, 11) is 1.51. The predicted molar refractivity (Wildman–Crippen MR) is 81.4 cm³/mol. The maximum Gasteiger partial charge on any atom is 0.416 e. The van der Waals surface area contributed by atoms with Gasteiger partial charge < -0.3 is 10.1 Å². The molecule has 2 rings (SSSR count). The molecule has 138 valence electrons. The number of methoxy groups -OCH3 is 1. The molecule has 2 unspecified atom stereocenters. The zero-order valence-corrected chi connectivity index (χ0v) is 13.2. The molecule has 8 nitrogen and oxygen atoms in total. The Morgan fingerprint density at radius 2 is 1.72 bits per heavy atom. The lowest BCUT2D eigenvalue weighted by molar-refractivity contribution is -0.392. The fourth-order valence-corrected chi connectivity index (χ4v) is 2.91. The van der Waals surface area contributed by atoms with E-state index < -0.39 is 38.6 Å². The number of anilines is 1. The minimum absolute atomic E-state index is 0.112. The summed E-state index contributed by atoms with van der Waals surface area (Å²) < 4.78 is 43.9. The largest absolute Gasteiger partial charge is 0.416 e. The standard InChI is InChI=1S/C14H16F3N3O5/c1-25-10-4-2-3-9(7-10)18-13-11(19(21)22)5-8(14(15,16)17)6-12(13)20(23)24/h5-6,9-10,18H,2-4,7H2,1H3. The van der Waals surface area contributed by atoms with Crippen LogP contribution in [0.25, 0.3) is 0 Å². The number of rotatable bonds is 5. The number of halogens is 3. The van der Waals surface area contributed by atoms with Gasteiger partial charge in [0.15, 0.2) is 5.69 Å². The van der Waals surface area contributed by atoms with Crippen LogP contribution in [0.2, 0.25) is 0 Å². The molecule has 11 heteroatoms. The molecule has 1 aromatic rings. The number of ether oxygens (including phenoxy) is 1. The van der Waals surface area contributed by atoms with Gasteiger partial charge in [-0.05, 0) is 25.7 Å². The number of hydrogen-bond donors (Lipinski definition) is 1. The van der Waals surface area contributed by atoms with Crippen molar-refractivity contribution in [1.29, 1.82) is 0 Å². The van der Waals surface area contributed by atoms with E-state index in [4.69, 9.17) is 4.74 Å². The summed E-state index contributed by atoms with van der Waals surface area (Å²) in [6.45, 7) is 0. The number of alkyl halides is 3. The summed E-state index contributed by atoms with van der Waals surface area (Å²) in [5.41, 5.74) is -3.89. The molecular formula is C14H16F3N3O5. The minimum atomic E-state index is -4.93. The van der Waals surface area contributed by atoms with Crippen molar-refractivity contribution in [3.63, 3.8) is 0 Å². The number of nitro groups is 2. The summed E-state index contributed by atoms with van der Waals surface area (Å²) in [5, 5.41) is 25.1. The van der Waals surface area contributed by atoms with Gasteiger partial charge in [0.05, 0.1) is 21.5 Å². The van der Waals surface area contributed by atoms with E-state index >= 15 is 0 Å². The lowest BCUT2D eigenvalue weighted by atomic mass is 9.92. The van der Waals surface area contributed by atoms with Crippen molar-refractivity contribution in [2.45, 2.75) is 44.0 Å². The van der Waals surface area contributed by atoms with Gasteiger partial charge in [-0.2, -0.15) is 13.2 Å². The third kappa shape index (κ3) is 4.35. The van der Waals surface area contributed by atoms with Crippen LogP contribution in [0.1, 0.15) is 31.2 Å². The third-order valence-electron chi connectivity index (χ3n) is 4.13. The topological polar surface area (TPSA) is 108 Å². The van der Waals surface area contributed by atoms with Gasteiger partial charge >= 0.3 is 6.18 Å². The highest BCUT2D eigenvalue weighted by Crippen LogP contribution is 2.42. The molecule has 1 fully saturated rings. The Balaban J connectivity index is 2.47. The average Bonchev–Trinajstić information content (AvgIpc) is 2.53. The van der Waals surface area contributed by atoms with Gasteiger partial charge in [-0.15, -0.1) is 0 Å². The summed E-state index contributed by atoms with van der Waals surface area (Å²) in [4.78, 5) is 20.3. The molecule has 0 aliphatic heterocycles. The van der Waals surface area contributed by atoms with E-state index in [1.54, 1.807) is 0 Å². The van der Waals surface area contributed by atoms with Crippen molar-refractivity contribution in [1.82, 2.24) is 0 Å². The summed E-state index contributed by atoms with van der Waals surface area (Å²) in [6.07, 6.45) is -2.50. The molecule has 2 atom stereocenters. The van der Waals surface area contributed by atoms with Crippen molar-refractivity contribution in [2.24, 2.45) is 0 Å². The lowest BCUT2D eigenvalue weighted by Crippen LogP contribution is -2.31. The quantitative estimate of drug-likeness (QED) is 0.628. The highest BCUT2D eigenvalue weighted by Gasteiger charge is 2.38. The van der Waals surface area contributed by atoms with Gasteiger partial charge in [0.2, 0.25) is 0 Å². The second kappa shape index (κ2) is 7.21. The van der Waals surface area contributed by atoms with Crippen LogP contribution < -0.4 is 5.32 Å². The van der Waals surface area contributed by atoms with Crippen LogP contribution in [0.4, 0.5) is 30.2 Å². The number of nitrogens with zero attached hydrogens (tertiary/aromatic N) is 2. The molecule has 1 aromatic carbocycles. The predicted octanol–water partition coefficient (Wildman–Crippen LogP) is 3.89. The van der Waals surface area contributed by atoms with Gasteiger partial charge in [-0.3, -0.25) is 20.2 Å². The first-order chi connectivity index (χ1) is 11.6. The zero-order chi connectivity index (χ0) is 18.8. The van der Waals surface area contributed by atoms with Crippen LogP contribution in [0, 0.1) is 20.2 Å². The van der Waals surface area contributed by atoms with E-state index in [9.17, 15) is 33.4 Å². The maximum atomic E-state index is 12.9. The SMILES string of the molecule is COC1CCCC(Nc2c([N+](=O)[O-])cc(C(F)(F)F)cc2[N+](=O)[O-])C1. The monoisotopic (exact) mass is 363 g/mol. The average molecular weight is 363 g/mol. The Morgan fingerprint density at radius 3 is 2.16 bits per heavy atom. The molecule has 0 heterocycles. The number of benzene rings is 1. The van der Waals surface area contributed by atoms with Crippen LogP contribution in [0.3, 0.4) is 0 Å². The normalized spacial score (nSPS) is 21.0. The van der Waals surface area contributed by atoms with E-state index in [1.807, 2.05) is 0 Å². The highest BCUT2D eigenvalue weighted by molar-refractivity contribution is 5.75. The van der Waals surface area contributed by atoms with E-state index in [2.05, 4.69) is 5.32 Å². The van der Waals surface area contributed by atoms with E-state index in [-0.39, 0.29) is 12.1 Å². The Morgan fingerprint density at radius 1 is 1.16 bits per heavy atom. The molecule has 0 saturated heterocycles. The fourth-order valence-electron chi connectivity index (χ4n) is 2.91. The molecule has 1 aliphatic rings. The van der Waals surface area contributed by atoms with Gasteiger partial charge in [-0.1, -0.05) is 0 Å². The molecule has 0 bridgehead atoms. The molecule has 1 saturated carbocycles. The third-order valence-corrected chi connectivity index (χ3v) is 4.13. The van der Waals surface area contributed by atoms with Crippen molar-refractivity contribution < 1.29 is 27.8 Å². The Kier molecular flexibility index (Phi) is 5.45. The van der Waals surface area contributed by atoms with Crippen molar-refractivity contribution >= 4 is 17.1 Å². The number of hydrogen-bond acceptors (Lipinski definition) is 6. The van der Waals surface area contributed by atoms with Crippen LogP contribution in [0.15, 0.2) is 12.1 Å². The molecule has 0 radical (unpaired) electrons. The number of nitrogens with one attached hydrogen (secondary N) is 1. The maximum absolute atomic E-state index is 12.9. The molecule has 1 aliphatic carbocycles. The molecule has 0 amide bonds. The summed E-state index contributed by atoms with van der Waals surface area (Å²) >= 11 is 0. The van der Waals surface area contributed by atoms with Crippen LogP contribution in [-0.2, 0) is 10.9 Å². The van der Waals surface area contributed by atoms with E-state index in [0.717, 1.165) is 12.8 Å². The molecule has 25 heavy (non-hydrogen) atoms.